The van der Waals surface area contributed by atoms with Crippen molar-refractivity contribution in [2.24, 2.45) is 0 Å². The number of rotatable bonds is 20. The molecule has 0 radical (unpaired) electrons. The molecule has 0 aliphatic rings. The Morgan fingerprint density at radius 3 is 1.81 bits per heavy atom. The van der Waals surface area contributed by atoms with Crippen LogP contribution in [0, 0.1) is 0 Å². The molecule has 0 saturated heterocycles. The van der Waals surface area contributed by atoms with Crippen molar-refractivity contribution in [1.29, 1.82) is 0 Å². The van der Waals surface area contributed by atoms with Gasteiger partial charge < -0.3 is 9.47 Å². The van der Waals surface area contributed by atoms with Crippen LogP contribution in [0.1, 0.15) is 112 Å². The summed E-state index contributed by atoms with van der Waals surface area (Å²) in [7, 11) is 0. The highest BCUT2D eigenvalue weighted by Crippen LogP contribution is 2.28. The molecule has 0 N–H and O–H groups in total. The summed E-state index contributed by atoms with van der Waals surface area (Å²) in [5, 5.41) is 0. The van der Waals surface area contributed by atoms with Gasteiger partial charge in [0.05, 0.1) is 18.1 Å². The van der Waals surface area contributed by atoms with E-state index < -0.39 is 12.3 Å². The van der Waals surface area contributed by atoms with Crippen molar-refractivity contribution in [2.75, 3.05) is 13.2 Å². The van der Waals surface area contributed by atoms with E-state index in [0.717, 1.165) is 43.2 Å². The molecule has 0 heterocycles. The van der Waals surface area contributed by atoms with Gasteiger partial charge in [-0.25, -0.2) is 13.6 Å². The van der Waals surface area contributed by atoms with Crippen LogP contribution in [0.4, 0.5) is 8.78 Å². The summed E-state index contributed by atoms with van der Waals surface area (Å²) in [4.78, 5) is 12.7. The lowest BCUT2D eigenvalue weighted by Crippen LogP contribution is -2.16. The zero-order chi connectivity index (χ0) is 30.0. The molecular weight excluding hydrogens is 530 g/mol. The lowest BCUT2D eigenvalue weighted by atomic mass is 9.97. The third-order valence-electron chi connectivity index (χ3n) is 7.74. The summed E-state index contributed by atoms with van der Waals surface area (Å²) >= 11 is 0. The summed E-state index contributed by atoms with van der Waals surface area (Å²) in [6.45, 7) is 4.91. The van der Waals surface area contributed by atoms with Crippen molar-refractivity contribution < 1.29 is 23.0 Å². The third kappa shape index (κ3) is 11.7. The summed E-state index contributed by atoms with van der Waals surface area (Å²) in [6, 6.07) is 22.1. The van der Waals surface area contributed by atoms with E-state index in [1.165, 1.54) is 50.5 Å². The summed E-state index contributed by atoms with van der Waals surface area (Å²) < 4.78 is 38.6. The molecule has 3 rings (SSSR count). The van der Waals surface area contributed by atoms with Crippen molar-refractivity contribution in [3.05, 3.63) is 89.5 Å². The monoisotopic (exact) mass is 578 g/mol. The van der Waals surface area contributed by atoms with Crippen LogP contribution in [0.3, 0.4) is 0 Å². The molecule has 228 valence electrons. The number of carbonyl (C=O) groups is 1. The molecule has 3 aromatic rings. The molecular formula is C37H48F2O3. The Balaban J connectivity index is 1.47. The molecule has 3 aromatic carbocycles. The maximum atomic E-state index is 13.7. The van der Waals surface area contributed by atoms with Crippen LogP contribution in [0.5, 0.6) is 5.75 Å². The van der Waals surface area contributed by atoms with Crippen molar-refractivity contribution in [1.82, 2.24) is 0 Å². The molecule has 5 heteroatoms. The van der Waals surface area contributed by atoms with Gasteiger partial charge in [0.2, 0.25) is 6.43 Å². The Bertz CT molecular complexity index is 1140. The maximum Gasteiger partial charge on any atom is 0.343 e. The highest BCUT2D eigenvalue weighted by molar-refractivity contribution is 5.91. The van der Waals surface area contributed by atoms with E-state index in [0.29, 0.717) is 23.5 Å². The van der Waals surface area contributed by atoms with E-state index in [9.17, 15) is 13.6 Å². The van der Waals surface area contributed by atoms with Crippen LogP contribution in [0.15, 0.2) is 72.8 Å². The number of halogens is 2. The number of unbranched alkanes of at least 4 members (excludes halogenated alkanes) is 9. The Morgan fingerprint density at radius 1 is 0.667 bits per heavy atom. The first-order chi connectivity index (χ1) is 20.5. The molecule has 0 spiro atoms. The number of aryl methyl sites for hydroxylation is 1. The first-order valence-electron chi connectivity index (χ1n) is 15.9. The average Bonchev–Trinajstić information content (AvgIpc) is 3.01. The Labute approximate surface area is 251 Å². The topological polar surface area (TPSA) is 35.5 Å². The third-order valence-corrected chi connectivity index (χ3v) is 7.74. The fourth-order valence-electron chi connectivity index (χ4n) is 5.05. The van der Waals surface area contributed by atoms with E-state index in [1.54, 1.807) is 24.3 Å². The quantitative estimate of drug-likeness (QED) is 0.0760. The Morgan fingerprint density at radius 2 is 1.21 bits per heavy atom. The van der Waals surface area contributed by atoms with Crippen LogP contribution in [-0.2, 0) is 11.2 Å². The molecule has 0 unspecified atom stereocenters. The largest absolute Gasteiger partial charge is 0.423 e. The van der Waals surface area contributed by atoms with Gasteiger partial charge in [0.15, 0.2) is 0 Å². The predicted molar refractivity (Wildman–Crippen MR) is 169 cm³/mol. The lowest BCUT2D eigenvalue weighted by Gasteiger charge is -2.17. The second kappa shape index (κ2) is 19.2. The van der Waals surface area contributed by atoms with Crippen molar-refractivity contribution in [3.8, 4) is 16.9 Å². The van der Waals surface area contributed by atoms with Crippen molar-refractivity contribution in [2.45, 2.75) is 103 Å². The van der Waals surface area contributed by atoms with Gasteiger partial charge in [-0.15, -0.1) is 0 Å². The predicted octanol–water partition coefficient (Wildman–Crippen LogP) is 10.8. The van der Waals surface area contributed by atoms with Gasteiger partial charge in [-0.05, 0) is 65.8 Å². The van der Waals surface area contributed by atoms with Crippen LogP contribution >= 0.6 is 0 Å². The van der Waals surface area contributed by atoms with Gasteiger partial charge in [-0.2, -0.15) is 0 Å². The molecule has 0 aliphatic heterocycles. The molecule has 42 heavy (non-hydrogen) atoms. The van der Waals surface area contributed by atoms with Crippen LogP contribution in [0.2, 0.25) is 0 Å². The van der Waals surface area contributed by atoms with Gasteiger partial charge in [0.1, 0.15) is 5.75 Å². The molecule has 3 nitrogen and oxygen atoms in total. The Kier molecular flexibility index (Phi) is 15.3. The first-order valence-corrected chi connectivity index (χ1v) is 15.9. The molecule has 1 atom stereocenters. The van der Waals surface area contributed by atoms with Gasteiger partial charge in [0.25, 0.3) is 0 Å². The van der Waals surface area contributed by atoms with Crippen molar-refractivity contribution >= 4 is 5.97 Å². The fourth-order valence-corrected chi connectivity index (χ4v) is 5.05. The number of hydrogen-bond acceptors (Lipinski definition) is 3. The normalized spacial score (nSPS) is 12.0. The molecule has 0 saturated carbocycles. The number of esters is 1. The van der Waals surface area contributed by atoms with Gasteiger partial charge >= 0.3 is 5.97 Å². The molecule has 0 aliphatic carbocycles. The van der Waals surface area contributed by atoms with E-state index in [2.05, 4.69) is 13.8 Å². The second-order valence-corrected chi connectivity index (χ2v) is 11.2. The minimum atomic E-state index is -2.48. The van der Waals surface area contributed by atoms with E-state index in [-0.39, 0.29) is 12.6 Å². The number of carbonyl (C=O) groups excluding carboxylic acids is 1. The second-order valence-electron chi connectivity index (χ2n) is 11.2. The number of benzene rings is 3. The fraction of sp³-hybridized carbons (Fsp3) is 0.486. The van der Waals surface area contributed by atoms with Crippen LogP contribution < -0.4 is 4.74 Å². The number of ether oxygens (including phenoxy) is 2. The highest BCUT2D eigenvalue weighted by Gasteiger charge is 2.22. The van der Waals surface area contributed by atoms with Gasteiger partial charge in [-0.3, -0.25) is 0 Å². The smallest absolute Gasteiger partial charge is 0.343 e. The zero-order valence-electron chi connectivity index (χ0n) is 25.5. The minimum Gasteiger partial charge on any atom is -0.423 e. The van der Waals surface area contributed by atoms with Gasteiger partial charge in [0, 0.05) is 6.61 Å². The van der Waals surface area contributed by atoms with Crippen LogP contribution in [-0.4, -0.2) is 25.6 Å². The summed E-state index contributed by atoms with van der Waals surface area (Å²) in [5.41, 5.74) is 4.15. The maximum absolute atomic E-state index is 13.7. The van der Waals surface area contributed by atoms with E-state index in [4.69, 9.17) is 9.47 Å². The summed E-state index contributed by atoms with van der Waals surface area (Å²) in [6.07, 6.45) is 11.8. The molecule has 0 bridgehead atoms. The van der Waals surface area contributed by atoms with Gasteiger partial charge in [-0.1, -0.05) is 120 Å². The van der Waals surface area contributed by atoms with Crippen molar-refractivity contribution in [3.63, 3.8) is 0 Å². The standard InChI is InChI=1S/C37H48F2O3/c1-3-5-7-9-10-11-12-14-29-15-17-33(18-16-29)37(40)42-34-25-23-31(24-26-34)30-19-21-32(22-20-30)35(36(38)39)28-41-27-13-8-6-4-2/h15-26,35-36H,3-14,27-28H2,1-2H3/t35-/m0/s1. The molecule has 0 amide bonds. The summed E-state index contributed by atoms with van der Waals surface area (Å²) in [5.74, 6) is -0.872. The van der Waals surface area contributed by atoms with E-state index >= 15 is 0 Å². The highest BCUT2D eigenvalue weighted by atomic mass is 19.3. The Hall–Kier alpha value is -3.05. The first kappa shape index (κ1) is 33.5. The van der Waals surface area contributed by atoms with E-state index in [1.807, 2.05) is 48.5 Å². The lowest BCUT2D eigenvalue weighted by molar-refractivity contribution is 0.0422. The molecule has 0 aromatic heterocycles. The average molecular weight is 579 g/mol. The zero-order valence-corrected chi connectivity index (χ0v) is 25.5. The SMILES string of the molecule is CCCCCCCCCc1ccc(C(=O)Oc2ccc(-c3ccc([C@H](COCCCCCC)C(F)F)cc3)cc2)cc1. The number of alkyl halides is 2. The molecule has 0 fully saturated rings. The van der Waals surface area contributed by atoms with Crippen LogP contribution in [0.25, 0.3) is 11.1 Å². The number of hydrogen-bond donors (Lipinski definition) is 0. The minimum absolute atomic E-state index is 0.0190.